The van der Waals surface area contributed by atoms with E-state index in [1.807, 2.05) is 23.6 Å². The summed E-state index contributed by atoms with van der Waals surface area (Å²) in [4.78, 5) is 8.90. The van der Waals surface area contributed by atoms with Crippen LogP contribution in [0, 0.1) is 0 Å². The van der Waals surface area contributed by atoms with Crippen LogP contribution in [0.25, 0.3) is 0 Å². The van der Waals surface area contributed by atoms with E-state index in [9.17, 15) is 5.11 Å². The molecule has 1 fully saturated rings. The second-order valence-electron chi connectivity index (χ2n) is 7.11. The number of thiazole rings is 1. The topological polar surface area (TPSA) is 54.2 Å². The minimum atomic E-state index is -0.367. The molecule has 24 heavy (non-hydrogen) atoms. The first-order chi connectivity index (χ1) is 11.8. The van der Waals surface area contributed by atoms with Crippen LogP contribution in [0.2, 0.25) is 0 Å². The molecule has 6 heteroatoms. The zero-order valence-electron chi connectivity index (χ0n) is 14.1. The van der Waals surface area contributed by atoms with Crippen LogP contribution in [0.3, 0.4) is 0 Å². The van der Waals surface area contributed by atoms with Crippen LogP contribution in [-0.4, -0.2) is 50.5 Å². The number of aryl methyl sites for hydroxylation is 2. The van der Waals surface area contributed by atoms with Gasteiger partial charge in [-0.05, 0) is 51.1 Å². The van der Waals surface area contributed by atoms with E-state index >= 15 is 0 Å². The van der Waals surface area contributed by atoms with Gasteiger partial charge in [0.1, 0.15) is 0 Å². The average molecular weight is 347 g/mol. The third kappa shape index (κ3) is 3.71. The second-order valence-corrected chi connectivity index (χ2v) is 8.22. The summed E-state index contributed by atoms with van der Waals surface area (Å²) in [5, 5.41) is 15.9. The molecule has 3 heterocycles. The molecule has 0 radical (unpaired) electrons. The van der Waals surface area contributed by atoms with Gasteiger partial charge < -0.3 is 10.0 Å². The Labute approximate surface area is 147 Å². The number of likely N-dealkylation sites (tertiary alicyclic amines) is 1. The molecule has 0 aromatic carbocycles. The van der Waals surface area contributed by atoms with Crippen LogP contribution in [0.4, 0.5) is 0 Å². The summed E-state index contributed by atoms with van der Waals surface area (Å²) in [6.45, 7) is 3.40. The van der Waals surface area contributed by atoms with E-state index in [2.05, 4.69) is 10.00 Å². The lowest BCUT2D eigenvalue weighted by Crippen LogP contribution is -2.40. The van der Waals surface area contributed by atoms with Crippen molar-refractivity contribution in [1.29, 1.82) is 0 Å². The molecule has 2 aliphatic rings. The molecular formula is C18H26N4OS. The van der Waals surface area contributed by atoms with E-state index in [4.69, 9.17) is 4.98 Å². The van der Waals surface area contributed by atoms with E-state index < -0.39 is 0 Å². The Morgan fingerprint density at radius 3 is 3.00 bits per heavy atom. The molecule has 1 aliphatic heterocycles. The van der Waals surface area contributed by atoms with Crippen LogP contribution in [0.15, 0.2) is 18.5 Å². The maximum absolute atomic E-state index is 10.3. The monoisotopic (exact) mass is 346 g/mol. The van der Waals surface area contributed by atoms with Gasteiger partial charge in [0.05, 0.1) is 23.4 Å². The molecular weight excluding hydrogens is 320 g/mol. The summed E-state index contributed by atoms with van der Waals surface area (Å²) in [5.74, 6) is 0.547. The summed E-state index contributed by atoms with van der Waals surface area (Å²) in [6, 6.07) is 1.90. The quantitative estimate of drug-likeness (QED) is 0.904. The molecule has 0 bridgehead atoms. The van der Waals surface area contributed by atoms with E-state index in [-0.39, 0.29) is 6.10 Å². The Hall–Kier alpha value is -1.24. The van der Waals surface area contributed by atoms with Gasteiger partial charge in [-0.2, -0.15) is 5.10 Å². The number of aromatic nitrogens is 3. The highest BCUT2D eigenvalue weighted by molar-refractivity contribution is 7.11. The standard InChI is InChI=1S/C18H26N4OS/c23-15(13-22-10-4-8-19-22)12-21-9-3-5-14(11-21)18-20-16-6-1-2-7-17(16)24-18/h4,8,10,14-15,23H,1-3,5-7,9,11-13H2/t14-,15-/m1/s1. The summed E-state index contributed by atoms with van der Waals surface area (Å²) in [5.41, 5.74) is 1.37. The SMILES string of the molecule is O[C@H](CN1CCC[C@@H](c2nc3c(s2)CCCC3)C1)Cn1cccn1. The van der Waals surface area contributed by atoms with Crippen molar-refractivity contribution in [3.8, 4) is 0 Å². The highest BCUT2D eigenvalue weighted by Gasteiger charge is 2.27. The lowest BCUT2D eigenvalue weighted by atomic mass is 9.98. The Bertz CT molecular complexity index is 631. The zero-order valence-corrected chi connectivity index (χ0v) is 14.9. The molecule has 2 atom stereocenters. The number of hydrogen-bond acceptors (Lipinski definition) is 5. The van der Waals surface area contributed by atoms with Gasteiger partial charge in [0.15, 0.2) is 0 Å². The first kappa shape index (κ1) is 16.2. The van der Waals surface area contributed by atoms with Crippen LogP contribution in [0.1, 0.15) is 47.2 Å². The molecule has 0 saturated carbocycles. The van der Waals surface area contributed by atoms with Crippen molar-refractivity contribution in [2.45, 2.75) is 57.1 Å². The number of rotatable bonds is 5. The summed E-state index contributed by atoms with van der Waals surface area (Å²) < 4.78 is 1.81. The van der Waals surface area contributed by atoms with Crippen molar-refractivity contribution in [2.75, 3.05) is 19.6 Å². The number of nitrogens with zero attached hydrogens (tertiary/aromatic N) is 4. The molecule has 5 nitrogen and oxygen atoms in total. The van der Waals surface area contributed by atoms with E-state index in [0.29, 0.717) is 12.5 Å². The summed E-state index contributed by atoms with van der Waals surface area (Å²) in [7, 11) is 0. The third-order valence-electron chi connectivity index (χ3n) is 5.14. The minimum Gasteiger partial charge on any atom is -0.390 e. The fraction of sp³-hybridized carbons (Fsp3) is 0.667. The van der Waals surface area contributed by atoms with Gasteiger partial charge in [-0.25, -0.2) is 4.98 Å². The van der Waals surface area contributed by atoms with Crippen LogP contribution < -0.4 is 0 Å². The van der Waals surface area contributed by atoms with Gasteiger partial charge in [0, 0.05) is 36.3 Å². The number of aliphatic hydroxyl groups excluding tert-OH is 1. The average Bonchev–Trinajstić information content (AvgIpc) is 3.24. The largest absolute Gasteiger partial charge is 0.390 e. The fourth-order valence-electron chi connectivity index (χ4n) is 3.95. The van der Waals surface area contributed by atoms with Crippen molar-refractivity contribution in [2.24, 2.45) is 0 Å². The number of hydrogen-bond donors (Lipinski definition) is 1. The number of β-amino-alcohol motifs (C(OH)–C–C–N with tert-alkyl or cyclic N) is 1. The van der Waals surface area contributed by atoms with Gasteiger partial charge in [-0.15, -0.1) is 11.3 Å². The predicted octanol–water partition coefficient (Wildman–Crippen LogP) is 2.46. The Morgan fingerprint density at radius 2 is 2.17 bits per heavy atom. The van der Waals surface area contributed by atoms with Crippen molar-refractivity contribution < 1.29 is 5.11 Å². The Kier molecular flexibility index (Phi) is 4.96. The lowest BCUT2D eigenvalue weighted by Gasteiger charge is -2.33. The first-order valence-corrected chi connectivity index (χ1v) is 9.96. The van der Waals surface area contributed by atoms with Gasteiger partial charge in [0.2, 0.25) is 0 Å². The maximum atomic E-state index is 10.3. The highest BCUT2D eigenvalue weighted by Crippen LogP contribution is 2.34. The van der Waals surface area contributed by atoms with E-state index in [1.165, 1.54) is 54.1 Å². The highest BCUT2D eigenvalue weighted by atomic mass is 32.1. The maximum Gasteiger partial charge on any atom is 0.0974 e. The molecule has 0 amide bonds. The van der Waals surface area contributed by atoms with Gasteiger partial charge in [-0.1, -0.05) is 0 Å². The van der Waals surface area contributed by atoms with Crippen molar-refractivity contribution in [1.82, 2.24) is 19.7 Å². The van der Waals surface area contributed by atoms with E-state index in [0.717, 1.165) is 19.6 Å². The van der Waals surface area contributed by atoms with Crippen molar-refractivity contribution in [3.05, 3.63) is 34.0 Å². The first-order valence-electron chi connectivity index (χ1n) is 9.14. The Morgan fingerprint density at radius 1 is 1.25 bits per heavy atom. The molecule has 4 rings (SSSR count). The minimum absolute atomic E-state index is 0.367. The van der Waals surface area contributed by atoms with Gasteiger partial charge in [-0.3, -0.25) is 4.68 Å². The molecule has 1 aliphatic carbocycles. The van der Waals surface area contributed by atoms with Crippen LogP contribution in [0.5, 0.6) is 0 Å². The van der Waals surface area contributed by atoms with Crippen molar-refractivity contribution in [3.63, 3.8) is 0 Å². The van der Waals surface area contributed by atoms with Crippen molar-refractivity contribution >= 4 is 11.3 Å². The molecule has 2 aromatic heterocycles. The smallest absolute Gasteiger partial charge is 0.0974 e. The molecule has 1 N–H and O–H groups in total. The third-order valence-corrected chi connectivity index (χ3v) is 6.46. The van der Waals surface area contributed by atoms with Crippen LogP contribution >= 0.6 is 11.3 Å². The van der Waals surface area contributed by atoms with Gasteiger partial charge >= 0.3 is 0 Å². The molecule has 0 spiro atoms. The number of piperidine rings is 1. The van der Waals surface area contributed by atoms with Crippen LogP contribution in [-0.2, 0) is 19.4 Å². The second kappa shape index (κ2) is 7.33. The lowest BCUT2D eigenvalue weighted by molar-refractivity contribution is 0.0807. The number of aliphatic hydroxyl groups is 1. The Balaban J connectivity index is 1.36. The normalized spacial score (nSPS) is 23.1. The molecule has 130 valence electrons. The molecule has 2 aromatic rings. The van der Waals surface area contributed by atoms with E-state index in [1.54, 1.807) is 10.9 Å². The molecule has 0 unspecified atom stereocenters. The predicted molar refractivity (Wildman–Crippen MR) is 95.4 cm³/mol. The van der Waals surface area contributed by atoms with Gasteiger partial charge in [0.25, 0.3) is 0 Å². The number of fused-ring (bicyclic) bond motifs is 1. The zero-order chi connectivity index (χ0) is 16.4. The fourth-order valence-corrected chi connectivity index (χ4v) is 5.23. The summed E-state index contributed by atoms with van der Waals surface area (Å²) >= 11 is 1.95. The molecule has 1 saturated heterocycles. The summed E-state index contributed by atoms with van der Waals surface area (Å²) in [6.07, 6.45) is 10.7.